The maximum atomic E-state index is 2.80. The summed E-state index contributed by atoms with van der Waals surface area (Å²) in [6.07, 6.45) is 13.2. The smallest absolute Gasteiger partial charge is 0.0164 e. The van der Waals surface area contributed by atoms with E-state index in [9.17, 15) is 0 Å². The van der Waals surface area contributed by atoms with Gasteiger partial charge in [-0.3, -0.25) is 4.90 Å². The molecule has 119 valence electrons. The molecule has 3 aliphatic carbocycles. The molecule has 0 N–H and O–H groups in total. The molecular weight excluding hydrogens is 254 g/mol. The van der Waals surface area contributed by atoms with Crippen molar-refractivity contribution in [3.63, 3.8) is 0 Å². The highest BCUT2D eigenvalue weighted by atomic mass is 15.2. The van der Waals surface area contributed by atoms with Gasteiger partial charge in [-0.15, -0.1) is 0 Å². The van der Waals surface area contributed by atoms with Crippen LogP contribution in [0.3, 0.4) is 0 Å². The molecular formula is C20H34N. The molecule has 3 saturated carbocycles. The van der Waals surface area contributed by atoms with Crippen molar-refractivity contribution < 1.29 is 0 Å². The van der Waals surface area contributed by atoms with Crippen LogP contribution in [-0.2, 0) is 0 Å². The molecule has 1 heterocycles. The van der Waals surface area contributed by atoms with Crippen LogP contribution in [0.15, 0.2) is 0 Å². The Morgan fingerprint density at radius 2 is 1.71 bits per heavy atom. The lowest BCUT2D eigenvalue weighted by atomic mass is 9.63. The lowest BCUT2D eigenvalue weighted by Gasteiger charge is -2.43. The average molecular weight is 288 g/mol. The van der Waals surface area contributed by atoms with E-state index in [0.717, 1.165) is 41.7 Å². The Labute approximate surface area is 131 Å². The number of hydrogen-bond donors (Lipinski definition) is 0. The monoisotopic (exact) mass is 288 g/mol. The fraction of sp³-hybridized carbons (Fsp3) is 0.950. The van der Waals surface area contributed by atoms with Gasteiger partial charge in [0.15, 0.2) is 0 Å². The van der Waals surface area contributed by atoms with E-state index < -0.39 is 0 Å². The Bertz CT molecular complexity index is 395. The van der Waals surface area contributed by atoms with Gasteiger partial charge in [0.25, 0.3) is 0 Å². The third-order valence-corrected chi connectivity index (χ3v) is 7.78. The first-order valence-electron chi connectivity index (χ1n) is 9.54. The predicted octanol–water partition coefficient (Wildman–Crippen LogP) is 4.77. The van der Waals surface area contributed by atoms with E-state index in [1.54, 1.807) is 0 Å². The van der Waals surface area contributed by atoms with Gasteiger partial charge in [-0.25, -0.2) is 0 Å². The quantitative estimate of drug-likeness (QED) is 0.620. The molecule has 1 heteroatoms. The zero-order chi connectivity index (χ0) is 14.8. The summed E-state index contributed by atoms with van der Waals surface area (Å²) in [5.41, 5.74) is 0.510. The van der Waals surface area contributed by atoms with Gasteiger partial charge in [-0.05, 0) is 80.6 Å². The molecule has 0 aromatic carbocycles. The molecule has 7 atom stereocenters. The normalized spacial score (nSPS) is 50.6. The van der Waals surface area contributed by atoms with Crippen molar-refractivity contribution in [2.75, 3.05) is 7.05 Å². The highest BCUT2D eigenvalue weighted by Gasteiger charge is 2.58. The van der Waals surface area contributed by atoms with Gasteiger partial charge in [-0.2, -0.15) is 0 Å². The summed E-state index contributed by atoms with van der Waals surface area (Å²) in [4.78, 5) is 2.80. The molecule has 4 aliphatic rings. The molecule has 1 radical (unpaired) electrons. The van der Waals surface area contributed by atoms with E-state index in [-0.39, 0.29) is 0 Å². The number of rotatable bonds is 0. The minimum absolute atomic E-state index is 0.510. The van der Waals surface area contributed by atoms with E-state index in [0.29, 0.717) is 5.41 Å². The second-order valence-corrected chi connectivity index (χ2v) is 9.65. The van der Waals surface area contributed by atoms with Gasteiger partial charge in [0.1, 0.15) is 0 Å². The fourth-order valence-electron chi connectivity index (χ4n) is 6.63. The summed E-state index contributed by atoms with van der Waals surface area (Å²) in [6.45, 7) is 7.41. The molecule has 4 fully saturated rings. The third-order valence-electron chi connectivity index (χ3n) is 7.78. The molecule has 1 nitrogen and oxygen atoms in total. The topological polar surface area (TPSA) is 3.24 Å². The summed E-state index contributed by atoms with van der Waals surface area (Å²) < 4.78 is 0. The molecule has 0 aromatic rings. The van der Waals surface area contributed by atoms with Gasteiger partial charge in [-0.1, -0.05) is 33.6 Å². The van der Waals surface area contributed by atoms with Gasteiger partial charge in [0.05, 0.1) is 0 Å². The Morgan fingerprint density at radius 3 is 2.48 bits per heavy atom. The molecule has 1 aliphatic heterocycles. The van der Waals surface area contributed by atoms with Crippen LogP contribution in [-0.4, -0.2) is 24.0 Å². The molecule has 1 saturated heterocycles. The van der Waals surface area contributed by atoms with Crippen LogP contribution in [0.4, 0.5) is 0 Å². The first-order valence-corrected chi connectivity index (χ1v) is 9.54. The molecule has 4 rings (SSSR count). The van der Waals surface area contributed by atoms with Crippen LogP contribution in [0.25, 0.3) is 0 Å². The molecule has 0 aromatic heterocycles. The number of hydrogen-bond acceptors (Lipinski definition) is 1. The third kappa shape index (κ3) is 2.21. The zero-order valence-electron chi connectivity index (χ0n) is 14.5. The van der Waals surface area contributed by atoms with Crippen molar-refractivity contribution in [3.05, 3.63) is 6.42 Å². The molecule has 7 unspecified atom stereocenters. The largest absolute Gasteiger partial charge is 0.300 e. The van der Waals surface area contributed by atoms with Gasteiger partial charge < -0.3 is 0 Å². The first kappa shape index (κ1) is 14.5. The van der Waals surface area contributed by atoms with E-state index in [1.165, 1.54) is 44.9 Å². The van der Waals surface area contributed by atoms with Gasteiger partial charge in [0, 0.05) is 12.1 Å². The summed E-state index contributed by atoms with van der Waals surface area (Å²) in [6, 6.07) is 1.73. The number of fused-ring (bicyclic) bond motifs is 5. The van der Waals surface area contributed by atoms with E-state index in [2.05, 4.69) is 39.1 Å². The minimum Gasteiger partial charge on any atom is -0.300 e. The Balaban J connectivity index is 1.58. The fourth-order valence-corrected chi connectivity index (χ4v) is 6.63. The Hall–Kier alpha value is -0.0400. The molecule has 0 spiro atoms. The van der Waals surface area contributed by atoms with Crippen molar-refractivity contribution in [2.45, 2.75) is 77.8 Å². The lowest BCUT2D eigenvalue weighted by molar-refractivity contribution is 0.0738. The van der Waals surface area contributed by atoms with Crippen molar-refractivity contribution in [3.8, 4) is 0 Å². The van der Waals surface area contributed by atoms with Crippen molar-refractivity contribution >= 4 is 0 Å². The van der Waals surface area contributed by atoms with Crippen LogP contribution in [0.2, 0.25) is 0 Å². The highest BCUT2D eigenvalue weighted by Crippen LogP contribution is 2.59. The summed E-state index contributed by atoms with van der Waals surface area (Å²) in [7, 11) is 2.44. The van der Waals surface area contributed by atoms with Crippen LogP contribution in [0, 0.1) is 41.4 Å². The summed E-state index contributed by atoms with van der Waals surface area (Å²) >= 11 is 0. The van der Waals surface area contributed by atoms with Crippen LogP contribution < -0.4 is 0 Å². The number of likely N-dealkylation sites (tertiary alicyclic amines) is 1. The second-order valence-electron chi connectivity index (χ2n) is 9.65. The van der Waals surface area contributed by atoms with Crippen molar-refractivity contribution in [1.82, 2.24) is 4.90 Å². The van der Waals surface area contributed by atoms with Gasteiger partial charge >= 0.3 is 0 Å². The maximum Gasteiger partial charge on any atom is 0.0164 e. The Kier molecular flexibility index (Phi) is 3.45. The van der Waals surface area contributed by atoms with Crippen LogP contribution in [0.5, 0.6) is 0 Å². The standard InChI is InChI=1S/C20H34N/c1-20(2,3)14-9-10-17-16(12-14)19-15-8-6-5-7-13(15)11-18(19)21(17)4/h11,13-19H,5-10,12H2,1-4H3. The first-order chi connectivity index (χ1) is 9.97. The second kappa shape index (κ2) is 4.98. The maximum absolute atomic E-state index is 2.80. The minimum atomic E-state index is 0.510. The van der Waals surface area contributed by atoms with Crippen LogP contribution in [0.1, 0.15) is 65.7 Å². The van der Waals surface area contributed by atoms with Gasteiger partial charge in [0.2, 0.25) is 0 Å². The predicted molar refractivity (Wildman–Crippen MR) is 88.9 cm³/mol. The Morgan fingerprint density at radius 1 is 0.952 bits per heavy atom. The van der Waals surface area contributed by atoms with E-state index in [1.807, 2.05) is 0 Å². The van der Waals surface area contributed by atoms with E-state index >= 15 is 0 Å². The zero-order valence-corrected chi connectivity index (χ0v) is 14.5. The summed E-state index contributed by atoms with van der Waals surface area (Å²) in [5, 5.41) is 0. The van der Waals surface area contributed by atoms with Crippen LogP contribution >= 0.6 is 0 Å². The van der Waals surface area contributed by atoms with Crippen molar-refractivity contribution in [2.24, 2.45) is 35.0 Å². The molecule has 21 heavy (non-hydrogen) atoms. The average Bonchev–Trinajstić information content (AvgIpc) is 2.95. The molecule has 0 bridgehead atoms. The lowest BCUT2D eigenvalue weighted by Crippen LogP contribution is -2.40. The van der Waals surface area contributed by atoms with Crippen molar-refractivity contribution in [1.29, 1.82) is 0 Å². The number of nitrogens with zero attached hydrogens (tertiary/aromatic N) is 1. The molecule has 0 amide bonds. The SMILES string of the molecule is CN1C2[CH]C3CCCCC3C2C2CC(C(C)(C)C)CCC21. The van der Waals surface area contributed by atoms with E-state index in [4.69, 9.17) is 0 Å². The summed E-state index contributed by atoms with van der Waals surface area (Å²) in [5.74, 6) is 4.97. The highest BCUT2D eigenvalue weighted by molar-refractivity contribution is 5.16.